The monoisotopic (exact) mass is 333 g/mol. The van der Waals surface area contributed by atoms with Gasteiger partial charge in [0.1, 0.15) is 5.75 Å². The molecule has 5 heteroatoms. The second-order valence-electron chi connectivity index (χ2n) is 6.17. The first-order chi connectivity index (χ1) is 10.5. The minimum atomic E-state index is -3.69. The fourth-order valence-electron chi connectivity index (χ4n) is 2.96. The highest BCUT2D eigenvalue weighted by atomic mass is 32.2. The van der Waals surface area contributed by atoms with Crippen LogP contribution >= 0.6 is 0 Å². The van der Waals surface area contributed by atoms with E-state index in [9.17, 15) is 13.5 Å². The number of phenols is 1. The molecular weight excluding hydrogens is 310 g/mol. The summed E-state index contributed by atoms with van der Waals surface area (Å²) >= 11 is 0. The smallest absolute Gasteiger partial charge is 0.262 e. The third-order valence-corrected chi connectivity index (χ3v) is 5.84. The van der Waals surface area contributed by atoms with Gasteiger partial charge in [0.05, 0.1) is 10.6 Å². The normalized spacial score (nSPS) is 11.6. The van der Waals surface area contributed by atoms with Crippen LogP contribution in [-0.4, -0.2) is 13.5 Å². The van der Waals surface area contributed by atoms with E-state index in [-0.39, 0.29) is 5.75 Å². The summed E-state index contributed by atoms with van der Waals surface area (Å²) in [6.07, 6.45) is 0. The number of anilines is 1. The van der Waals surface area contributed by atoms with Gasteiger partial charge >= 0.3 is 0 Å². The van der Waals surface area contributed by atoms with Gasteiger partial charge in [-0.2, -0.15) is 0 Å². The predicted molar refractivity (Wildman–Crippen MR) is 93.8 cm³/mol. The highest BCUT2D eigenvalue weighted by Crippen LogP contribution is 2.32. The molecule has 0 aliphatic rings. The Morgan fingerprint density at radius 2 is 1.35 bits per heavy atom. The number of hydrogen-bond acceptors (Lipinski definition) is 3. The maximum atomic E-state index is 12.8. The van der Waals surface area contributed by atoms with Gasteiger partial charge in [-0.3, -0.25) is 4.72 Å². The van der Waals surface area contributed by atoms with Crippen molar-refractivity contribution >= 4 is 15.7 Å². The zero-order valence-corrected chi connectivity index (χ0v) is 15.2. The lowest BCUT2D eigenvalue weighted by Gasteiger charge is -2.17. The first kappa shape index (κ1) is 17.3. The van der Waals surface area contributed by atoms with E-state index in [2.05, 4.69) is 4.72 Å². The lowest BCUT2D eigenvalue weighted by atomic mass is 10.0. The third kappa shape index (κ3) is 3.20. The first-order valence-corrected chi connectivity index (χ1v) is 8.93. The fourth-order valence-corrected chi connectivity index (χ4v) is 4.53. The SMILES string of the molecule is Cc1cc(C)c(S(=O)(=O)Nc2cc(C)c(O)c(C)c2C)c(C)c1. The number of phenolic OH excluding ortho intramolecular Hbond substituents is 1. The van der Waals surface area contributed by atoms with E-state index in [0.717, 1.165) is 22.3 Å². The molecule has 4 nitrogen and oxygen atoms in total. The molecule has 0 spiro atoms. The molecule has 2 rings (SSSR count). The molecule has 0 aromatic heterocycles. The van der Waals surface area contributed by atoms with Crippen molar-refractivity contribution in [1.29, 1.82) is 0 Å². The van der Waals surface area contributed by atoms with Crippen LogP contribution in [0.2, 0.25) is 0 Å². The Hall–Kier alpha value is -2.01. The van der Waals surface area contributed by atoms with Crippen molar-refractivity contribution in [3.8, 4) is 5.75 Å². The van der Waals surface area contributed by atoms with Crippen molar-refractivity contribution in [3.63, 3.8) is 0 Å². The van der Waals surface area contributed by atoms with Crippen molar-refractivity contribution in [1.82, 2.24) is 0 Å². The Balaban J connectivity index is 2.57. The van der Waals surface area contributed by atoms with Gasteiger partial charge in [-0.25, -0.2) is 8.42 Å². The van der Waals surface area contributed by atoms with Gasteiger partial charge < -0.3 is 5.11 Å². The van der Waals surface area contributed by atoms with E-state index < -0.39 is 10.0 Å². The van der Waals surface area contributed by atoms with Gasteiger partial charge in [0.25, 0.3) is 10.0 Å². The number of hydrogen-bond donors (Lipinski definition) is 2. The van der Waals surface area contributed by atoms with Gasteiger partial charge in [-0.15, -0.1) is 0 Å². The number of aromatic hydroxyl groups is 1. The molecule has 0 aliphatic heterocycles. The number of sulfonamides is 1. The molecule has 124 valence electrons. The molecule has 0 bridgehead atoms. The summed E-state index contributed by atoms with van der Waals surface area (Å²) in [5, 5.41) is 9.97. The highest BCUT2D eigenvalue weighted by Gasteiger charge is 2.22. The second-order valence-corrected chi connectivity index (χ2v) is 7.79. The highest BCUT2D eigenvalue weighted by molar-refractivity contribution is 7.92. The summed E-state index contributed by atoms with van der Waals surface area (Å²) in [6, 6.07) is 5.39. The van der Waals surface area contributed by atoms with Crippen LogP contribution in [0, 0.1) is 41.5 Å². The maximum absolute atomic E-state index is 12.8. The van der Waals surface area contributed by atoms with E-state index >= 15 is 0 Å². The van der Waals surface area contributed by atoms with Crippen LogP contribution in [0.4, 0.5) is 5.69 Å². The fraction of sp³-hybridized carbons (Fsp3) is 0.333. The molecule has 0 atom stereocenters. The van der Waals surface area contributed by atoms with Gasteiger partial charge in [0.2, 0.25) is 0 Å². The largest absolute Gasteiger partial charge is 0.507 e. The molecule has 0 saturated carbocycles. The van der Waals surface area contributed by atoms with Crippen molar-refractivity contribution in [2.75, 3.05) is 4.72 Å². The zero-order valence-electron chi connectivity index (χ0n) is 14.4. The molecule has 0 heterocycles. The number of nitrogens with one attached hydrogen (secondary N) is 1. The lowest BCUT2D eigenvalue weighted by molar-refractivity contribution is 0.466. The number of aryl methyl sites for hydroxylation is 4. The second kappa shape index (κ2) is 5.89. The summed E-state index contributed by atoms with van der Waals surface area (Å²) in [4.78, 5) is 0.311. The molecule has 0 unspecified atom stereocenters. The van der Waals surface area contributed by atoms with Crippen LogP contribution in [0.3, 0.4) is 0 Å². The van der Waals surface area contributed by atoms with Crippen molar-refractivity contribution in [2.45, 2.75) is 46.4 Å². The minimum absolute atomic E-state index is 0.202. The summed E-state index contributed by atoms with van der Waals surface area (Å²) in [5.41, 5.74) is 5.02. The van der Waals surface area contributed by atoms with E-state index in [4.69, 9.17) is 0 Å². The van der Waals surface area contributed by atoms with Crippen LogP contribution in [0.1, 0.15) is 33.4 Å². The first-order valence-electron chi connectivity index (χ1n) is 7.45. The van der Waals surface area contributed by atoms with E-state index in [1.807, 2.05) is 19.1 Å². The van der Waals surface area contributed by atoms with Gasteiger partial charge in [0, 0.05) is 0 Å². The average molecular weight is 333 g/mol. The molecule has 0 saturated heterocycles. The Bertz CT molecular complexity index is 861. The number of rotatable bonds is 3. The van der Waals surface area contributed by atoms with E-state index in [1.54, 1.807) is 40.7 Å². The third-order valence-electron chi connectivity index (χ3n) is 4.17. The van der Waals surface area contributed by atoms with Crippen LogP contribution in [0.15, 0.2) is 23.1 Å². The minimum Gasteiger partial charge on any atom is -0.507 e. The molecule has 0 fully saturated rings. The molecule has 0 amide bonds. The quantitative estimate of drug-likeness (QED) is 0.833. The van der Waals surface area contributed by atoms with Gasteiger partial charge in [0.15, 0.2) is 0 Å². The van der Waals surface area contributed by atoms with Crippen molar-refractivity contribution < 1.29 is 13.5 Å². The molecule has 23 heavy (non-hydrogen) atoms. The van der Waals surface area contributed by atoms with Crippen LogP contribution in [0.5, 0.6) is 5.75 Å². The number of benzene rings is 2. The Kier molecular flexibility index (Phi) is 4.44. The summed E-state index contributed by atoms with van der Waals surface area (Å²) in [6.45, 7) is 10.9. The zero-order chi connectivity index (χ0) is 17.5. The Morgan fingerprint density at radius 3 is 1.87 bits per heavy atom. The molecule has 0 radical (unpaired) electrons. The van der Waals surface area contributed by atoms with Crippen molar-refractivity contribution in [3.05, 3.63) is 51.6 Å². The summed E-state index contributed by atoms with van der Waals surface area (Å²) in [7, 11) is -3.69. The molecule has 2 N–H and O–H groups in total. The van der Waals surface area contributed by atoms with E-state index in [1.165, 1.54) is 0 Å². The summed E-state index contributed by atoms with van der Waals surface area (Å²) < 4.78 is 28.4. The van der Waals surface area contributed by atoms with Gasteiger partial charge in [-0.1, -0.05) is 17.7 Å². The van der Waals surface area contributed by atoms with Crippen LogP contribution in [-0.2, 0) is 10.0 Å². The topological polar surface area (TPSA) is 66.4 Å². The molecule has 0 aliphatic carbocycles. The predicted octanol–water partition coefficient (Wildman–Crippen LogP) is 4.04. The standard InChI is InChI=1S/C18H23NO3S/c1-10-7-12(3)18(13(4)8-10)23(21,22)19-16-9-11(2)17(20)15(6)14(16)5/h7-9,19-20H,1-6H3. The maximum Gasteiger partial charge on any atom is 0.262 e. The average Bonchev–Trinajstić information content (AvgIpc) is 2.40. The van der Waals surface area contributed by atoms with Crippen LogP contribution < -0.4 is 4.72 Å². The Labute approximate surface area is 138 Å². The molecule has 2 aromatic rings. The van der Waals surface area contributed by atoms with Gasteiger partial charge in [-0.05, 0) is 75.4 Å². The molecular formula is C18H23NO3S. The van der Waals surface area contributed by atoms with Crippen LogP contribution in [0.25, 0.3) is 0 Å². The summed E-state index contributed by atoms with van der Waals surface area (Å²) in [5.74, 6) is 0.202. The lowest BCUT2D eigenvalue weighted by Crippen LogP contribution is -2.17. The van der Waals surface area contributed by atoms with E-state index in [0.29, 0.717) is 21.7 Å². The van der Waals surface area contributed by atoms with Crippen molar-refractivity contribution in [2.24, 2.45) is 0 Å². The molecule has 2 aromatic carbocycles. The Morgan fingerprint density at radius 1 is 0.826 bits per heavy atom.